The van der Waals surface area contributed by atoms with Gasteiger partial charge in [-0.2, -0.15) is 0 Å². The molecule has 1 aliphatic heterocycles. The summed E-state index contributed by atoms with van der Waals surface area (Å²) in [5, 5.41) is 0. The standard InChI is InChI=1S/C22H25NO4/c1-16(2)23(15-17-6-4-3-5-7-17)22(25)11-9-19(24)18-8-10-20-21(14-18)27-13-12-26-20/h3-8,10,14,16H,9,11-13,15H2,1-2H3. The van der Waals surface area contributed by atoms with Gasteiger partial charge in [-0.05, 0) is 37.6 Å². The van der Waals surface area contributed by atoms with Gasteiger partial charge in [-0.1, -0.05) is 30.3 Å². The average Bonchev–Trinajstić information content (AvgIpc) is 2.70. The predicted molar refractivity (Wildman–Crippen MR) is 103 cm³/mol. The number of carbonyl (C=O) groups is 2. The number of Topliss-reactive ketones (excluding diaryl/α,β-unsaturated/α-hetero) is 1. The molecule has 5 nitrogen and oxygen atoms in total. The summed E-state index contributed by atoms with van der Waals surface area (Å²) in [6, 6.07) is 15.1. The Morgan fingerprint density at radius 1 is 0.963 bits per heavy atom. The maximum atomic E-state index is 12.7. The Hall–Kier alpha value is -2.82. The van der Waals surface area contributed by atoms with Gasteiger partial charge in [0.15, 0.2) is 17.3 Å². The van der Waals surface area contributed by atoms with E-state index in [4.69, 9.17) is 9.47 Å². The molecule has 0 atom stereocenters. The molecular formula is C22H25NO4. The highest BCUT2D eigenvalue weighted by Crippen LogP contribution is 2.31. The Kier molecular flexibility index (Phi) is 6.12. The van der Waals surface area contributed by atoms with Crippen LogP contribution in [0.3, 0.4) is 0 Å². The largest absolute Gasteiger partial charge is 0.486 e. The lowest BCUT2D eigenvalue weighted by molar-refractivity contribution is -0.133. The number of benzene rings is 2. The molecule has 1 amide bonds. The summed E-state index contributed by atoms with van der Waals surface area (Å²) in [6.07, 6.45) is 0.370. The van der Waals surface area contributed by atoms with E-state index in [0.717, 1.165) is 5.56 Å². The molecule has 0 aromatic heterocycles. The van der Waals surface area contributed by atoms with E-state index in [1.54, 1.807) is 18.2 Å². The zero-order chi connectivity index (χ0) is 19.2. The van der Waals surface area contributed by atoms with Crippen LogP contribution in [-0.2, 0) is 11.3 Å². The molecule has 1 heterocycles. The molecule has 1 aliphatic rings. The number of amides is 1. The van der Waals surface area contributed by atoms with Crippen molar-refractivity contribution in [3.63, 3.8) is 0 Å². The summed E-state index contributed by atoms with van der Waals surface area (Å²) >= 11 is 0. The Bertz CT molecular complexity index is 801. The van der Waals surface area contributed by atoms with Crippen LogP contribution in [0.4, 0.5) is 0 Å². The van der Waals surface area contributed by atoms with E-state index in [2.05, 4.69) is 0 Å². The first kappa shape index (κ1) is 19.0. The van der Waals surface area contributed by atoms with Gasteiger partial charge in [-0.3, -0.25) is 9.59 Å². The molecule has 142 valence electrons. The highest BCUT2D eigenvalue weighted by Gasteiger charge is 2.20. The molecule has 5 heteroatoms. The van der Waals surface area contributed by atoms with Crippen molar-refractivity contribution < 1.29 is 19.1 Å². The zero-order valence-corrected chi connectivity index (χ0v) is 15.8. The van der Waals surface area contributed by atoms with Gasteiger partial charge in [-0.15, -0.1) is 0 Å². The van der Waals surface area contributed by atoms with Gasteiger partial charge in [0.25, 0.3) is 0 Å². The zero-order valence-electron chi connectivity index (χ0n) is 15.8. The normalized spacial score (nSPS) is 12.7. The monoisotopic (exact) mass is 367 g/mol. The molecular weight excluding hydrogens is 342 g/mol. The van der Waals surface area contributed by atoms with Crippen molar-refractivity contribution in [2.24, 2.45) is 0 Å². The van der Waals surface area contributed by atoms with E-state index in [0.29, 0.717) is 36.8 Å². The maximum absolute atomic E-state index is 12.7. The fourth-order valence-electron chi connectivity index (χ4n) is 3.06. The SMILES string of the molecule is CC(C)N(Cc1ccccc1)C(=O)CCC(=O)c1ccc2c(c1)OCCO2. The first-order chi connectivity index (χ1) is 13.0. The van der Waals surface area contributed by atoms with Crippen LogP contribution >= 0.6 is 0 Å². The third-order valence-corrected chi connectivity index (χ3v) is 4.57. The summed E-state index contributed by atoms with van der Waals surface area (Å²) in [5.41, 5.74) is 1.63. The second-order valence-electron chi connectivity index (χ2n) is 6.88. The number of carbonyl (C=O) groups excluding carboxylic acids is 2. The van der Waals surface area contributed by atoms with Crippen molar-refractivity contribution in [3.8, 4) is 11.5 Å². The first-order valence-electron chi connectivity index (χ1n) is 9.31. The maximum Gasteiger partial charge on any atom is 0.223 e. The van der Waals surface area contributed by atoms with Crippen molar-refractivity contribution in [1.29, 1.82) is 0 Å². The first-order valence-corrected chi connectivity index (χ1v) is 9.31. The number of rotatable bonds is 7. The molecule has 0 saturated heterocycles. The van der Waals surface area contributed by atoms with Crippen LogP contribution in [0.2, 0.25) is 0 Å². The lowest BCUT2D eigenvalue weighted by atomic mass is 10.0. The van der Waals surface area contributed by atoms with E-state index in [-0.39, 0.29) is 30.6 Å². The second-order valence-corrected chi connectivity index (χ2v) is 6.88. The lowest BCUT2D eigenvalue weighted by Gasteiger charge is -2.27. The van der Waals surface area contributed by atoms with E-state index in [1.807, 2.05) is 49.1 Å². The summed E-state index contributed by atoms with van der Waals surface area (Å²) in [5.74, 6) is 1.16. The number of fused-ring (bicyclic) bond motifs is 1. The molecule has 3 rings (SSSR count). The van der Waals surface area contributed by atoms with Crippen LogP contribution in [0, 0.1) is 0 Å². The molecule has 0 aliphatic carbocycles. The number of hydrogen-bond acceptors (Lipinski definition) is 4. The minimum absolute atomic E-state index is 0.0141. The third-order valence-electron chi connectivity index (χ3n) is 4.57. The smallest absolute Gasteiger partial charge is 0.223 e. The number of ketones is 1. The number of ether oxygens (including phenoxy) is 2. The van der Waals surface area contributed by atoms with Crippen LogP contribution in [0.25, 0.3) is 0 Å². The summed E-state index contributed by atoms with van der Waals surface area (Å²) < 4.78 is 11.0. The van der Waals surface area contributed by atoms with E-state index >= 15 is 0 Å². The quantitative estimate of drug-likeness (QED) is 0.698. The molecule has 0 saturated carbocycles. The molecule has 0 fully saturated rings. The highest BCUT2D eigenvalue weighted by atomic mass is 16.6. The molecule has 0 spiro atoms. The number of nitrogens with zero attached hydrogens (tertiary/aromatic N) is 1. The van der Waals surface area contributed by atoms with Crippen molar-refractivity contribution >= 4 is 11.7 Å². The minimum atomic E-state index is -0.0660. The van der Waals surface area contributed by atoms with Crippen LogP contribution in [0.15, 0.2) is 48.5 Å². The van der Waals surface area contributed by atoms with Crippen molar-refractivity contribution in [3.05, 3.63) is 59.7 Å². The van der Waals surface area contributed by atoms with Crippen molar-refractivity contribution in [2.75, 3.05) is 13.2 Å². The van der Waals surface area contributed by atoms with Crippen LogP contribution in [0.5, 0.6) is 11.5 Å². The van der Waals surface area contributed by atoms with Crippen LogP contribution in [-0.4, -0.2) is 35.8 Å². The molecule has 0 bridgehead atoms. The van der Waals surface area contributed by atoms with Crippen molar-refractivity contribution in [2.45, 2.75) is 39.3 Å². The molecule has 0 unspecified atom stereocenters. The van der Waals surface area contributed by atoms with E-state index < -0.39 is 0 Å². The predicted octanol–water partition coefficient (Wildman–Crippen LogP) is 3.86. The molecule has 27 heavy (non-hydrogen) atoms. The van der Waals surface area contributed by atoms with Gasteiger partial charge in [0.05, 0.1) is 0 Å². The molecule has 0 N–H and O–H groups in total. The Balaban J connectivity index is 1.60. The van der Waals surface area contributed by atoms with Gasteiger partial charge < -0.3 is 14.4 Å². The van der Waals surface area contributed by atoms with Crippen molar-refractivity contribution in [1.82, 2.24) is 4.90 Å². The third kappa shape index (κ3) is 4.88. The Morgan fingerprint density at radius 2 is 1.67 bits per heavy atom. The summed E-state index contributed by atoms with van der Waals surface area (Å²) in [4.78, 5) is 27.0. The van der Waals surface area contributed by atoms with Gasteiger partial charge in [-0.25, -0.2) is 0 Å². The van der Waals surface area contributed by atoms with Crippen LogP contribution in [0.1, 0.15) is 42.6 Å². The fraction of sp³-hybridized carbons (Fsp3) is 0.364. The molecule has 2 aromatic carbocycles. The highest BCUT2D eigenvalue weighted by molar-refractivity contribution is 5.98. The topological polar surface area (TPSA) is 55.8 Å². The Morgan fingerprint density at radius 3 is 2.37 bits per heavy atom. The summed E-state index contributed by atoms with van der Waals surface area (Å²) in [7, 11) is 0. The minimum Gasteiger partial charge on any atom is -0.486 e. The molecule has 0 radical (unpaired) electrons. The van der Waals surface area contributed by atoms with E-state index in [1.165, 1.54) is 0 Å². The lowest BCUT2D eigenvalue weighted by Crippen LogP contribution is -2.36. The second kappa shape index (κ2) is 8.71. The number of hydrogen-bond donors (Lipinski definition) is 0. The van der Waals surface area contributed by atoms with Gasteiger partial charge in [0, 0.05) is 31.0 Å². The van der Waals surface area contributed by atoms with Crippen LogP contribution < -0.4 is 9.47 Å². The summed E-state index contributed by atoms with van der Waals surface area (Å²) in [6.45, 7) is 5.52. The van der Waals surface area contributed by atoms with Gasteiger partial charge in [0.2, 0.25) is 5.91 Å². The van der Waals surface area contributed by atoms with Gasteiger partial charge >= 0.3 is 0 Å². The average molecular weight is 367 g/mol. The van der Waals surface area contributed by atoms with E-state index in [9.17, 15) is 9.59 Å². The fourth-order valence-corrected chi connectivity index (χ4v) is 3.06. The van der Waals surface area contributed by atoms with Gasteiger partial charge in [0.1, 0.15) is 13.2 Å². The molecule has 2 aromatic rings. The Labute approximate surface area is 159 Å².